The fourth-order valence-corrected chi connectivity index (χ4v) is 5.18. The van der Waals surface area contributed by atoms with Gasteiger partial charge in [0, 0.05) is 27.7 Å². The molecule has 0 radical (unpaired) electrons. The molecule has 0 bridgehead atoms. The van der Waals surface area contributed by atoms with Crippen LogP contribution in [0.3, 0.4) is 0 Å². The molecule has 1 heterocycles. The average Bonchev–Trinajstić information content (AvgIpc) is 3.25. The van der Waals surface area contributed by atoms with Gasteiger partial charge in [0.2, 0.25) is 11.8 Å². The van der Waals surface area contributed by atoms with E-state index in [2.05, 4.69) is 26.0 Å². The Morgan fingerprint density at radius 1 is 0.848 bits per heavy atom. The van der Waals surface area contributed by atoms with Crippen molar-refractivity contribution < 1.29 is 9.59 Å². The maximum Gasteiger partial charge on any atom is 0.242 e. The fraction of sp³-hybridized carbons (Fsp3) is 0.333. The minimum Gasteiger partial charge on any atom is -0.333 e. The number of thioether (sulfide) groups is 1. The highest BCUT2D eigenvalue weighted by atomic mass is 32.2. The van der Waals surface area contributed by atoms with E-state index in [1.165, 1.54) is 16.6 Å². The second-order valence-electron chi connectivity index (χ2n) is 8.02. The number of nitrogens with zero attached hydrogens (tertiary/aromatic N) is 2. The Hall–Kier alpha value is -2.57. The van der Waals surface area contributed by atoms with Crippen LogP contribution in [0.15, 0.2) is 77.7 Å². The average molecular weight is 481 g/mol. The first-order chi connectivity index (χ1) is 16.0. The Balaban J connectivity index is 1.69. The highest BCUT2D eigenvalue weighted by molar-refractivity contribution is 8.00. The van der Waals surface area contributed by atoms with Gasteiger partial charge in [0.05, 0.1) is 18.8 Å². The van der Waals surface area contributed by atoms with Gasteiger partial charge >= 0.3 is 0 Å². The van der Waals surface area contributed by atoms with E-state index in [1.807, 2.05) is 65.6 Å². The number of thiophene rings is 1. The van der Waals surface area contributed by atoms with Crippen LogP contribution < -0.4 is 0 Å². The van der Waals surface area contributed by atoms with Crippen LogP contribution in [-0.4, -0.2) is 40.5 Å². The number of rotatable bonds is 12. The molecule has 2 amide bonds. The molecule has 1 aromatic heterocycles. The maximum atomic E-state index is 13.4. The summed E-state index contributed by atoms with van der Waals surface area (Å²) in [5, 5.41) is 0. The van der Waals surface area contributed by atoms with E-state index >= 15 is 0 Å². The van der Waals surface area contributed by atoms with Gasteiger partial charge in [0.25, 0.3) is 0 Å². The van der Waals surface area contributed by atoms with Crippen LogP contribution in [0.2, 0.25) is 0 Å². The van der Waals surface area contributed by atoms with Crippen molar-refractivity contribution in [2.75, 3.05) is 18.8 Å². The van der Waals surface area contributed by atoms with Crippen LogP contribution in [0.1, 0.15) is 35.1 Å². The largest absolute Gasteiger partial charge is 0.333 e. The molecule has 3 aromatic rings. The number of aryl methyl sites for hydroxylation is 1. The van der Waals surface area contributed by atoms with Crippen LogP contribution in [0, 0.1) is 6.92 Å². The van der Waals surface area contributed by atoms with Crippen molar-refractivity contribution in [2.24, 2.45) is 0 Å². The molecule has 0 saturated carbocycles. The van der Waals surface area contributed by atoms with E-state index in [9.17, 15) is 9.59 Å². The smallest absolute Gasteiger partial charge is 0.242 e. The Labute approximate surface area is 205 Å². The lowest BCUT2D eigenvalue weighted by atomic mass is 10.2. The lowest BCUT2D eigenvalue weighted by Gasteiger charge is -2.27. The molecular weight excluding hydrogens is 448 g/mol. The predicted octanol–water partition coefficient (Wildman–Crippen LogP) is 6.01. The Morgan fingerprint density at radius 2 is 1.55 bits per heavy atom. The minimum atomic E-state index is -0.0147. The molecule has 0 saturated heterocycles. The van der Waals surface area contributed by atoms with Crippen molar-refractivity contribution >= 4 is 34.9 Å². The number of carbonyl (C=O) groups is 2. The lowest BCUT2D eigenvalue weighted by molar-refractivity contribution is -0.140. The van der Waals surface area contributed by atoms with Crippen molar-refractivity contribution in [1.82, 2.24) is 9.80 Å². The Morgan fingerprint density at radius 3 is 2.18 bits per heavy atom. The monoisotopic (exact) mass is 480 g/mol. The summed E-state index contributed by atoms with van der Waals surface area (Å²) in [6.07, 6.45) is 1.86. The number of hydrogen-bond acceptors (Lipinski definition) is 4. The van der Waals surface area contributed by atoms with Crippen LogP contribution >= 0.6 is 23.1 Å². The number of amides is 2. The molecular formula is C27H32N2O2S2. The topological polar surface area (TPSA) is 40.6 Å². The molecule has 0 aliphatic carbocycles. The molecule has 0 spiro atoms. The first-order valence-corrected chi connectivity index (χ1v) is 13.2. The summed E-state index contributed by atoms with van der Waals surface area (Å²) < 4.78 is 0. The van der Waals surface area contributed by atoms with Crippen LogP contribution in [0.25, 0.3) is 0 Å². The molecule has 3 rings (SSSR count). The van der Waals surface area contributed by atoms with Crippen molar-refractivity contribution in [1.29, 1.82) is 0 Å². The first-order valence-electron chi connectivity index (χ1n) is 11.4. The summed E-state index contributed by atoms with van der Waals surface area (Å²) in [4.78, 5) is 33.5. The second kappa shape index (κ2) is 13.2. The van der Waals surface area contributed by atoms with Crippen molar-refractivity contribution in [2.45, 2.75) is 44.7 Å². The molecule has 0 unspecified atom stereocenters. The lowest BCUT2D eigenvalue weighted by Crippen LogP contribution is -2.43. The quantitative estimate of drug-likeness (QED) is 0.298. The van der Waals surface area contributed by atoms with Crippen molar-refractivity contribution in [3.63, 3.8) is 0 Å². The number of benzene rings is 2. The van der Waals surface area contributed by atoms with E-state index in [1.54, 1.807) is 16.2 Å². The van der Waals surface area contributed by atoms with E-state index in [0.717, 1.165) is 28.2 Å². The molecule has 2 aromatic carbocycles. The van der Waals surface area contributed by atoms with Gasteiger partial charge in [-0.25, -0.2) is 0 Å². The van der Waals surface area contributed by atoms with Gasteiger partial charge in [-0.2, -0.15) is 0 Å². The van der Waals surface area contributed by atoms with E-state index in [-0.39, 0.29) is 18.4 Å². The van der Waals surface area contributed by atoms with E-state index in [4.69, 9.17) is 0 Å². The summed E-state index contributed by atoms with van der Waals surface area (Å²) in [6.45, 7) is 5.99. The molecule has 0 aliphatic rings. The minimum absolute atomic E-state index is 0.0114. The summed E-state index contributed by atoms with van der Waals surface area (Å²) in [7, 11) is 0. The number of unbranched alkanes of at least 4 members (excludes halogenated alkanes) is 1. The zero-order chi connectivity index (χ0) is 23.5. The summed E-state index contributed by atoms with van der Waals surface area (Å²) >= 11 is 3.23. The first kappa shape index (κ1) is 25.1. The molecule has 33 heavy (non-hydrogen) atoms. The van der Waals surface area contributed by atoms with Gasteiger partial charge in [-0.1, -0.05) is 61.9 Å². The van der Waals surface area contributed by atoms with Crippen molar-refractivity contribution in [3.05, 3.63) is 88.1 Å². The van der Waals surface area contributed by atoms with Gasteiger partial charge in [-0.3, -0.25) is 9.59 Å². The van der Waals surface area contributed by atoms with Crippen LogP contribution in [-0.2, 0) is 22.7 Å². The summed E-state index contributed by atoms with van der Waals surface area (Å²) in [5.41, 5.74) is 1.09. The molecule has 0 atom stereocenters. The zero-order valence-corrected chi connectivity index (χ0v) is 21.0. The SMILES string of the molecule is CCCCN(CC(=O)N(Cc1ccccc1)Cc1ccc(C)s1)C(=O)CSc1ccccc1. The highest BCUT2D eigenvalue weighted by Crippen LogP contribution is 2.20. The molecule has 6 heteroatoms. The second-order valence-corrected chi connectivity index (χ2v) is 10.4. The molecule has 0 N–H and O–H groups in total. The normalized spacial score (nSPS) is 10.7. The molecule has 0 aliphatic heterocycles. The number of carbonyl (C=O) groups excluding carboxylic acids is 2. The van der Waals surface area contributed by atoms with Gasteiger partial charge < -0.3 is 9.80 Å². The third-order valence-electron chi connectivity index (χ3n) is 5.28. The maximum absolute atomic E-state index is 13.4. The zero-order valence-electron chi connectivity index (χ0n) is 19.4. The standard InChI is InChI=1S/C27H32N2O2S2/c1-3-4-17-28(27(31)21-32-24-13-9-6-10-14-24)20-26(30)29(18-23-11-7-5-8-12-23)19-25-16-15-22(2)33-25/h5-16H,3-4,17-21H2,1-2H3. The fourth-order valence-electron chi connectivity index (χ4n) is 3.45. The van der Waals surface area contributed by atoms with Crippen LogP contribution in [0.5, 0.6) is 0 Å². The van der Waals surface area contributed by atoms with Gasteiger partial charge in [-0.05, 0) is 43.2 Å². The van der Waals surface area contributed by atoms with Crippen LogP contribution in [0.4, 0.5) is 0 Å². The number of hydrogen-bond donors (Lipinski definition) is 0. The van der Waals surface area contributed by atoms with Gasteiger partial charge in [0.15, 0.2) is 0 Å². The predicted molar refractivity (Wildman–Crippen MR) is 138 cm³/mol. The van der Waals surface area contributed by atoms with Gasteiger partial charge in [0.1, 0.15) is 0 Å². The van der Waals surface area contributed by atoms with E-state index < -0.39 is 0 Å². The van der Waals surface area contributed by atoms with E-state index in [0.29, 0.717) is 25.4 Å². The summed E-state index contributed by atoms with van der Waals surface area (Å²) in [5.74, 6) is 0.334. The Bertz CT molecular complexity index is 1010. The third-order valence-corrected chi connectivity index (χ3v) is 7.26. The molecule has 4 nitrogen and oxygen atoms in total. The molecule has 174 valence electrons. The highest BCUT2D eigenvalue weighted by Gasteiger charge is 2.22. The van der Waals surface area contributed by atoms with Gasteiger partial charge in [-0.15, -0.1) is 23.1 Å². The Kier molecular flexibility index (Phi) is 10.0. The summed E-state index contributed by atoms with van der Waals surface area (Å²) in [6, 6.07) is 24.1. The molecule has 0 fully saturated rings. The van der Waals surface area contributed by atoms with Crippen molar-refractivity contribution in [3.8, 4) is 0 Å². The third kappa shape index (κ3) is 8.37.